The molecule has 0 fully saturated rings. The molecule has 0 radical (unpaired) electrons. The number of benzene rings is 1. The summed E-state index contributed by atoms with van der Waals surface area (Å²) in [6, 6.07) is 5.92. The van der Waals surface area contributed by atoms with Gasteiger partial charge < -0.3 is 5.32 Å². The lowest BCUT2D eigenvalue weighted by molar-refractivity contribution is 0.618. The monoisotopic (exact) mass is 262 g/mol. The lowest BCUT2D eigenvalue weighted by atomic mass is 10.0. The molecule has 0 aliphatic heterocycles. The van der Waals surface area contributed by atoms with Crippen LogP contribution in [0.2, 0.25) is 0 Å². The topological polar surface area (TPSA) is 24.9 Å². The molecule has 0 aliphatic rings. The van der Waals surface area contributed by atoms with Crippen LogP contribution in [0.25, 0.3) is 11.1 Å². The Bertz CT molecular complexity index is 556. The third-order valence-electron chi connectivity index (χ3n) is 2.83. The van der Waals surface area contributed by atoms with Crippen LogP contribution in [0.1, 0.15) is 18.9 Å². The van der Waals surface area contributed by atoms with E-state index in [-0.39, 0.29) is 5.82 Å². The van der Waals surface area contributed by atoms with Crippen LogP contribution in [0.3, 0.4) is 0 Å². The molecule has 100 valence electrons. The van der Waals surface area contributed by atoms with E-state index in [0.29, 0.717) is 12.1 Å². The summed E-state index contributed by atoms with van der Waals surface area (Å²) in [4.78, 5) is 3.83. The first-order chi connectivity index (χ1) is 9.20. The van der Waals surface area contributed by atoms with Crippen molar-refractivity contribution < 1.29 is 8.78 Å². The van der Waals surface area contributed by atoms with Gasteiger partial charge >= 0.3 is 0 Å². The zero-order chi connectivity index (χ0) is 13.7. The lowest BCUT2D eigenvalue weighted by Crippen LogP contribution is -2.14. The van der Waals surface area contributed by atoms with E-state index in [1.165, 1.54) is 18.2 Å². The molecule has 1 aromatic heterocycles. The molecule has 2 nitrogen and oxygen atoms in total. The van der Waals surface area contributed by atoms with Gasteiger partial charge in [-0.3, -0.25) is 4.98 Å². The Morgan fingerprint density at radius 3 is 2.68 bits per heavy atom. The van der Waals surface area contributed by atoms with Crippen LogP contribution in [0.4, 0.5) is 8.78 Å². The van der Waals surface area contributed by atoms with Crippen molar-refractivity contribution in [3.05, 3.63) is 53.9 Å². The molecule has 2 rings (SSSR count). The van der Waals surface area contributed by atoms with Gasteiger partial charge in [0.25, 0.3) is 0 Å². The molecule has 1 aromatic carbocycles. The van der Waals surface area contributed by atoms with Gasteiger partial charge in [0, 0.05) is 18.3 Å². The molecule has 0 spiro atoms. The van der Waals surface area contributed by atoms with E-state index in [0.717, 1.165) is 30.3 Å². The molecule has 0 bridgehead atoms. The average molecular weight is 262 g/mol. The number of halogens is 2. The van der Waals surface area contributed by atoms with Crippen LogP contribution in [0.15, 0.2) is 36.7 Å². The normalized spacial score (nSPS) is 10.7. The van der Waals surface area contributed by atoms with Gasteiger partial charge in [-0.05, 0) is 42.3 Å². The zero-order valence-corrected chi connectivity index (χ0v) is 10.8. The number of pyridine rings is 1. The number of hydrogen-bond acceptors (Lipinski definition) is 2. The minimum atomic E-state index is -0.394. The van der Waals surface area contributed by atoms with Crippen LogP contribution in [-0.4, -0.2) is 11.5 Å². The van der Waals surface area contributed by atoms with Gasteiger partial charge in [-0.1, -0.05) is 13.0 Å². The third-order valence-corrected chi connectivity index (χ3v) is 2.83. The molecule has 4 heteroatoms. The van der Waals surface area contributed by atoms with Crippen molar-refractivity contribution in [3.63, 3.8) is 0 Å². The third kappa shape index (κ3) is 3.58. The van der Waals surface area contributed by atoms with E-state index in [2.05, 4.69) is 17.2 Å². The number of nitrogens with zero attached hydrogens (tertiary/aromatic N) is 1. The Hall–Kier alpha value is -1.81. The van der Waals surface area contributed by atoms with Gasteiger partial charge in [0.15, 0.2) is 0 Å². The second-order valence-electron chi connectivity index (χ2n) is 4.37. The molecule has 0 unspecified atom stereocenters. The Morgan fingerprint density at radius 2 is 1.95 bits per heavy atom. The van der Waals surface area contributed by atoms with Crippen LogP contribution in [-0.2, 0) is 6.54 Å². The molecule has 2 aromatic rings. The van der Waals surface area contributed by atoms with E-state index < -0.39 is 5.82 Å². The summed E-state index contributed by atoms with van der Waals surface area (Å²) < 4.78 is 26.6. The SMILES string of the molecule is CCCNCc1cc(F)ccc1-c1cncc(F)c1. The van der Waals surface area contributed by atoms with Crippen molar-refractivity contribution in [2.45, 2.75) is 19.9 Å². The van der Waals surface area contributed by atoms with Gasteiger partial charge in [0.1, 0.15) is 11.6 Å². The molecule has 0 atom stereocenters. The number of hydrogen-bond donors (Lipinski definition) is 1. The lowest BCUT2D eigenvalue weighted by Gasteiger charge is -2.10. The minimum Gasteiger partial charge on any atom is -0.313 e. The maximum absolute atomic E-state index is 13.3. The van der Waals surface area contributed by atoms with Crippen molar-refractivity contribution >= 4 is 0 Å². The maximum atomic E-state index is 13.3. The fourth-order valence-electron chi connectivity index (χ4n) is 1.95. The second-order valence-corrected chi connectivity index (χ2v) is 4.37. The first kappa shape index (κ1) is 13.6. The predicted octanol–water partition coefficient (Wildman–Crippen LogP) is 3.53. The summed E-state index contributed by atoms with van der Waals surface area (Å²) in [6.07, 6.45) is 3.74. The minimum absolute atomic E-state index is 0.290. The summed E-state index contributed by atoms with van der Waals surface area (Å²) >= 11 is 0. The van der Waals surface area contributed by atoms with E-state index in [9.17, 15) is 8.78 Å². The average Bonchev–Trinajstić information content (AvgIpc) is 2.39. The molecule has 0 saturated carbocycles. The van der Waals surface area contributed by atoms with Gasteiger partial charge in [0.05, 0.1) is 6.20 Å². The van der Waals surface area contributed by atoms with Crippen molar-refractivity contribution in [2.75, 3.05) is 6.54 Å². The standard InChI is InChI=1S/C15H16F2N2/c1-2-5-18-8-11-6-13(16)3-4-15(11)12-7-14(17)10-19-9-12/h3-4,6-7,9-10,18H,2,5,8H2,1H3. The smallest absolute Gasteiger partial charge is 0.142 e. The number of rotatable bonds is 5. The first-order valence-electron chi connectivity index (χ1n) is 6.30. The molecule has 0 aliphatic carbocycles. The maximum Gasteiger partial charge on any atom is 0.142 e. The molecule has 0 saturated heterocycles. The molecular formula is C15H16F2N2. The molecule has 1 heterocycles. The first-order valence-corrected chi connectivity index (χ1v) is 6.30. The Labute approximate surface area is 111 Å². The van der Waals surface area contributed by atoms with Gasteiger partial charge in [-0.2, -0.15) is 0 Å². The second kappa shape index (κ2) is 6.38. The summed E-state index contributed by atoms with van der Waals surface area (Å²) in [5, 5.41) is 3.22. The Balaban J connectivity index is 2.33. The summed E-state index contributed by atoms with van der Waals surface area (Å²) in [5.41, 5.74) is 2.27. The highest BCUT2D eigenvalue weighted by atomic mass is 19.1. The fraction of sp³-hybridized carbons (Fsp3) is 0.267. The molecule has 19 heavy (non-hydrogen) atoms. The highest BCUT2D eigenvalue weighted by molar-refractivity contribution is 5.66. The van der Waals surface area contributed by atoms with E-state index in [4.69, 9.17) is 0 Å². The van der Waals surface area contributed by atoms with E-state index >= 15 is 0 Å². The number of aromatic nitrogens is 1. The van der Waals surface area contributed by atoms with Crippen molar-refractivity contribution in [3.8, 4) is 11.1 Å². The summed E-state index contributed by atoms with van der Waals surface area (Å²) in [6.45, 7) is 3.48. The quantitative estimate of drug-likeness (QED) is 0.834. The predicted molar refractivity (Wildman–Crippen MR) is 71.6 cm³/mol. The van der Waals surface area contributed by atoms with Crippen LogP contribution >= 0.6 is 0 Å². The van der Waals surface area contributed by atoms with Crippen molar-refractivity contribution in [1.29, 1.82) is 0 Å². The molecule has 0 amide bonds. The molecular weight excluding hydrogens is 246 g/mol. The van der Waals surface area contributed by atoms with Crippen LogP contribution in [0.5, 0.6) is 0 Å². The van der Waals surface area contributed by atoms with Crippen molar-refractivity contribution in [1.82, 2.24) is 10.3 Å². The highest BCUT2D eigenvalue weighted by Crippen LogP contribution is 2.24. The van der Waals surface area contributed by atoms with Crippen LogP contribution in [0, 0.1) is 11.6 Å². The fourth-order valence-corrected chi connectivity index (χ4v) is 1.95. The van der Waals surface area contributed by atoms with Gasteiger partial charge in [0.2, 0.25) is 0 Å². The van der Waals surface area contributed by atoms with E-state index in [1.807, 2.05) is 0 Å². The molecule has 1 N–H and O–H groups in total. The van der Waals surface area contributed by atoms with Gasteiger partial charge in [-0.25, -0.2) is 8.78 Å². The Morgan fingerprint density at radius 1 is 1.11 bits per heavy atom. The van der Waals surface area contributed by atoms with Crippen molar-refractivity contribution in [2.24, 2.45) is 0 Å². The van der Waals surface area contributed by atoms with Crippen LogP contribution < -0.4 is 5.32 Å². The number of nitrogens with one attached hydrogen (secondary N) is 1. The largest absolute Gasteiger partial charge is 0.313 e. The highest BCUT2D eigenvalue weighted by Gasteiger charge is 2.07. The van der Waals surface area contributed by atoms with E-state index in [1.54, 1.807) is 12.3 Å². The Kier molecular flexibility index (Phi) is 4.58. The summed E-state index contributed by atoms with van der Waals surface area (Å²) in [5.74, 6) is -0.685. The summed E-state index contributed by atoms with van der Waals surface area (Å²) in [7, 11) is 0. The zero-order valence-electron chi connectivity index (χ0n) is 10.8. The van der Waals surface area contributed by atoms with Gasteiger partial charge in [-0.15, -0.1) is 0 Å².